The molecule has 0 aromatic heterocycles. The van der Waals surface area contributed by atoms with E-state index in [-0.39, 0.29) is 18.3 Å². The zero-order valence-electron chi connectivity index (χ0n) is 12.7. The molecule has 0 bridgehead atoms. The molecule has 2 atom stereocenters. The first kappa shape index (κ1) is 18.5. The second kappa shape index (κ2) is 9.43. The Hall–Kier alpha value is -1.59. The Kier molecular flexibility index (Phi) is 7.91. The summed E-state index contributed by atoms with van der Waals surface area (Å²) in [6, 6.07) is 8.42. The van der Waals surface area contributed by atoms with Crippen LogP contribution in [-0.4, -0.2) is 32.1 Å². The maximum Gasteiger partial charge on any atom is 0.333 e. The van der Waals surface area contributed by atoms with E-state index in [0.29, 0.717) is 12.3 Å². The van der Waals surface area contributed by atoms with Crippen molar-refractivity contribution in [2.45, 2.75) is 25.3 Å². The van der Waals surface area contributed by atoms with E-state index in [9.17, 15) is 9.59 Å². The van der Waals surface area contributed by atoms with Crippen LogP contribution in [0.2, 0.25) is 0 Å². The lowest BCUT2D eigenvalue weighted by Gasteiger charge is -2.17. The molecule has 1 aliphatic rings. The van der Waals surface area contributed by atoms with Crippen LogP contribution in [0.1, 0.15) is 30.9 Å². The van der Waals surface area contributed by atoms with Crippen LogP contribution < -0.4 is 10.6 Å². The van der Waals surface area contributed by atoms with E-state index >= 15 is 0 Å². The van der Waals surface area contributed by atoms with Gasteiger partial charge in [0.1, 0.15) is 0 Å². The molecule has 2 rings (SSSR count). The van der Waals surface area contributed by atoms with Gasteiger partial charge in [0.2, 0.25) is 5.91 Å². The quantitative estimate of drug-likeness (QED) is 0.783. The molecule has 5 nitrogen and oxygen atoms in total. The predicted molar refractivity (Wildman–Crippen MR) is 86.8 cm³/mol. The van der Waals surface area contributed by atoms with Gasteiger partial charge in [0.15, 0.2) is 6.04 Å². The van der Waals surface area contributed by atoms with Crippen molar-refractivity contribution >= 4 is 24.3 Å². The molecule has 0 saturated carbocycles. The number of methoxy groups -OCH3 is 1. The third-order valence-electron chi connectivity index (χ3n) is 3.82. The van der Waals surface area contributed by atoms with Crippen LogP contribution in [0.15, 0.2) is 30.3 Å². The molecule has 22 heavy (non-hydrogen) atoms. The van der Waals surface area contributed by atoms with Gasteiger partial charge in [-0.2, -0.15) is 0 Å². The monoisotopic (exact) mass is 326 g/mol. The molecule has 0 radical (unpaired) electrons. The highest BCUT2D eigenvalue weighted by molar-refractivity contribution is 5.85. The fourth-order valence-electron chi connectivity index (χ4n) is 2.57. The second-order valence-corrected chi connectivity index (χ2v) is 5.33. The number of hydrogen-bond acceptors (Lipinski definition) is 4. The van der Waals surface area contributed by atoms with Gasteiger partial charge in [-0.15, -0.1) is 12.4 Å². The van der Waals surface area contributed by atoms with Gasteiger partial charge in [0.25, 0.3) is 0 Å². The molecule has 6 heteroatoms. The van der Waals surface area contributed by atoms with Crippen molar-refractivity contribution in [3.63, 3.8) is 0 Å². The Balaban J connectivity index is 0.00000242. The molecule has 0 aliphatic carbocycles. The molecule has 122 valence electrons. The minimum absolute atomic E-state index is 0. The van der Waals surface area contributed by atoms with E-state index in [4.69, 9.17) is 4.74 Å². The first-order valence-corrected chi connectivity index (χ1v) is 7.33. The van der Waals surface area contributed by atoms with E-state index in [1.54, 1.807) is 0 Å². The minimum Gasteiger partial charge on any atom is -0.467 e. The Labute approximate surface area is 137 Å². The molecule has 1 aromatic carbocycles. The molecule has 1 fully saturated rings. The maximum atomic E-state index is 12.1. The van der Waals surface area contributed by atoms with Crippen LogP contribution in [0, 0.1) is 5.92 Å². The van der Waals surface area contributed by atoms with Crippen LogP contribution in [0.4, 0.5) is 0 Å². The molecule has 1 aromatic rings. The van der Waals surface area contributed by atoms with E-state index in [2.05, 4.69) is 10.6 Å². The molecule has 1 amide bonds. The average Bonchev–Trinajstić information content (AvgIpc) is 3.04. The normalized spacial score (nSPS) is 18.1. The van der Waals surface area contributed by atoms with Gasteiger partial charge in [0.05, 0.1) is 7.11 Å². The summed E-state index contributed by atoms with van der Waals surface area (Å²) in [7, 11) is 1.33. The van der Waals surface area contributed by atoms with Gasteiger partial charge in [0, 0.05) is 6.42 Å². The lowest BCUT2D eigenvalue weighted by atomic mass is 10.0. The SMILES string of the molecule is COC(=O)C(NC(=O)CCC1CCNC1)c1ccccc1.Cl. The second-order valence-electron chi connectivity index (χ2n) is 5.33. The van der Waals surface area contributed by atoms with Gasteiger partial charge in [-0.05, 0) is 37.4 Å². The van der Waals surface area contributed by atoms with Crippen molar-refractivity contribution in [3.05, 3.63) is 35.9 Å². The summed E-state index contributed by atoms with van der Waals surface area (Å²) in [4.78, 5) is 23.9. The number of nitrogens with one attached hydrogen (secondary N) is 2. The molecule has 2 N–H and O–H groups in total. The van der Waals surface area contributed by atoms with Gasteiger partial charge < -0.3 is 15.4 Å². The van der Waals surface area contributed by atoms with Gasteiger partial charge >= 0.3 is 5.97 Å². The van der Waals surface area contributed by atoms with E-state index in [1.165, 1.54) is 7.11 Å². The molecule has 1 aliphatic heterocycles. The van der Waals surface area contributed by atoms with E-state index < -0.39 is 12.0 Å². The Morgan fingerprint density at radius 3 is 2.68 bits per heavy atom. The Bertz CT molecular complexity index is 476. The third kappa shape index (κ3) is 5.31. The van der Waals surface area contributed by atoms with Crippen molar-refractivity contribution in [1.82, 2.24) is 10.6 Å². The van der Waals surface area contributed by atoms with Crippen LogP contribution in [0.3, 0.4) is 0 Å². The fraction of sp³-hybridized carbons (Fsp3) is 0.500. The van der Waals surface area contributed by atoms with Crippen LogP contribution in [0.25, 0.3) is 0 Å². The number of hydrogen-bond donors (Lipinski definition) is 2. The number of halogens is 1. The summed E-state index contributed by atoms with van der Waals surface area (Å²) in [6.07, 6.45) is 2.40. The van der Waals surface area contributed by atoms with Gasteiger partial charge in [-0.3, -0.25) is 4.79 Å². The maximum absolute atomic E-state index is 12.1. The lowest BCUT2D eigenvalue weighted by Crippen LogP contribution is -2.34. The molecule has 1 heterocycles. The highest BCUT2D eigenvalue weighted by atomic mass is 35.5. The Morgan fingerprint density at radius 2 is 2.09 bits per heavy atom. The lowest BCUT2D eigenvalue weighted by molar-refractivity contribution is -0.145. The number of esters is 1. The minimum atomic E-state index is -0.731. The highest BCUT2D eigenvalue weighted by Gasteiger charge is 2.24. The summed E-state index contributed by atoms with van der Waals surface area (Å²) < 4.78 is 4.78. The largest absolute Gasteiger partial charge is 0.467 e. The van der Waals surface area contributed by atoms with E-state index in [1.807, 2.05) is 30.3 Å². The van der Waals surface area contributed by atoms with Gasteiger partial charge in [-0.1, -0.05) is 30.3 Å². The smallest absolute Gasteiger partial charge is 0.333 e. The number of rotatable bonds is 6. The van der Waals surface area contributed by atoms with Crippen LogP contribution in [0.5, 0.6) is 0 Å². The average molecular weight is 327 g/mol. The van der Waals surface area contributed by atoms with Crippen molar-refractivity contribution in [1.29, 1.82) is 0 Å². The Morgan fingerprint density at radius 1 is 1.36 bits per heavy atom. The molecular weight excluding hydrogens is 304 g/mol. The highest BCUT2D eigenvalue weighted by Crippen LogP contribution is 2.17. The third-order valence-corrected chi connectivity index (χ3v) is 3.82. The van der Waals surface area contributed by atoms with Gasteiger partial charge in [-0.25, -0.2) is 4.79 Å². The molecule has 0 spiro atoms. The zero-order chi connectivity index (χ0) is 15.1. The first-order valence-electron chi connectivity index (χ1n) is 7.33. The fourth-order valence-corrected chi connectivity index (χ4v) is 2.57. The van der Waals surface area contributed by atoms with Crippen molar-refractivity contribution in [2.24, 2.45) is 5.92 Å². The summed E-state index contributed by atoms with van der Waals surface area (Å²) in [5, 5.41) is 6.06. The molecular formula is C16H23ClN2O3. The summed E-state index contributed by atoms with van der Waals surface area (Å²) in [6.45, 7) is 2.01. The molecule has 2 unspecified atom stereocenters. The van der Waals surface area contributed by atoms with Crippen molar-refractivity contribution in [3.8, 4) is 0 Å². The number of amides is 1. The number of ether oxygens (including phenoxy) is 1. The molecule has 1 saturated heterocycles. The number of carbonyl (C=O) groups is 2. The van der Waals surface area contributed by atoms with Crippen molar-refractivity contribution in [2.75, 3.05) is 20.2 Å². The van der Waals surface area contributed by atoms with Crippen LogP contribution in [-0.2, 0) is 14.3 Å². The number of carbonyl (C=O) groups excluding carboxylic acids is 2. The topological polar surface area (TPSA) is 67.4 Å². The van der Waals surface area contributed by atoms with Crippen LogP contribution >= 0.6 is 12.4 Å². The van der Waals surface area contributed by atoms with E-state index in [0.717, 1.165) is 31.5 Å². The summed E-state index contributed by atoms with van der Waals surface area (Å²) in [5.74, 6) is 0.00212. The van der Waals surface area contributed by atoms with Crippen molar-refractivity contribution < 1.29 is 14.3 Å². The predicted octanol–water partition coefficient (Wildman–Crippen LogP) is 1.83. The summed E-state index contributed by atoms with van der Waals surface area (Å²) in [5.41, 5.74) is 0.736. The summed E-state index contributed by atoms with van der Waals surface area (Å²) >= 11 is 0. The standard InChI is InChI=1S/C16H22N2O3.ClH/c1-21-16(20)15(13-5-3-2-4-6-13)18-14(19)8-7-12-9-10-17-11-12;/h2-6,12,15,17H,7-11H2,1H3,(H,18,19);1H. The first-order chi connectivity index (χ1) is 10.2. The zero-order valence-corrected chi connectivity index (χ0v) is 13.5. The number of benzene rings is 1.